The molecule has 1 aromatic heterocycles. The smallest absolute Gasteiger partial charge is 0.258 e. The number of nitrogens with zero attached hydrogens (tertiary/aromatic N) is 2. The number of hydrogen-bond donors (Lipinski definition) is 0. The fourth-order valence-corrected chi connectivity index (χ4v) is 2.92. The third-order valence-corrected chi connectivity index (χ3v) is 4.34. The van der Waals surface area contributed by atoms with E-state index in [-0.39, 0.29) is 10.7 Å². The van der Waals surface area contributed by atoms with Crippen molar-refractivity contribution in [3.63, 3.8) is 0 Å². The third-order valence-electron chi connectivity index (χ3n) is 2.13. The van der Waals surface area contributed by atoms with Gasteiger partial charge >= 0.3 is 5.69 Å². The van der Waals surface area contributed by atoms with Gasteiger partial charge in [0, 0.05) is 17.2 Å². The van der Waals surface area contributed by atoms with Crippen molar-refractivity contribution in [2.75, 3.05) is 0 Å². The van der Waals surface area contributed by atoms with Crippen molar-refractivity contribution in [3.8, 4) is 0 Å². The molecule has 0 spiro atoms. The maximum Gasteiger partial charge on any atom is 0.301 e. The summed E-state index contributed by atoms with van der Waals surface area (Å²) in [6.07, 6.45) is 1.47. The second-order valence-corrected chi connectivity index (χ2v) is 5.64. The van der Waals surface area contributed by atoms with Gasteiger partial charge in [0.25, 0.3) is 0 Å². The molecule has 0 bridgehead atoms. The molecule has 0 atom stereocenters. The number of hydrogen-bond acceptors (Lipinski definition) is 4. The van der Waals surface area contributed by atoms with Gasteiger partial charge in [0.2, 0.25) is 0 Å². The second-order valence-electron chi connectivity index (χ2n) is 3.38. The Bertz CT molecular complexity index is 652. The zero-order valence-corrected chi connectivity index (χ0v) is 12.2. The highest BCUT2D eigenvalue weighted by atomic mass is 35.5. The predicted octanol–water partition coefficient (Wildman–Crippen LogP) is 5.10. The summed E-state index contributed by atoms with van der Waals surface area (Å²) in [6.45, 7) is 0. The van der Waals surface area contributed by atoms with Gasteiger partial charge in [-0.05, 0) is 18.2 Å². The second kappa shape index (κ2) is 5.96. The van der Waals surface area contributed by atoms with Crippen molar-refractivity contribution in [2.24, 2.45) is 0 Å². The molecule has 4 nitrogen and oxygen atoms in total. The molecule has 1 heterocycles. The van der Waals surface area contributed by atoms with Crippen LogP contribution in [-0.4, -0.2) is 9.91 Å². The number of pyridine rings is 1. The molecule has 0 unspecified atom stereocenters. The number of rotatable bonds is 3. The third kappa shape index (κ3) is 3.30. The van der Waals surface area contributed by atoms with Crippen molar-refractivity contribution in [2.45, 2.75) is 9.92 Å². The molecule has 0 amide bonds. The van der Waals surface area contributed by atoms with Gasteiger partial charge in [0.15, 0.2) is 5.03 Å². The first kappa shape index (κ1) is 14.4. The van der Waals surface area contributed by atoms with Gasteiger partial charge in [-0.3, -0.25) is 10.1 Å². The van der Waals surface area contributed by atoms with E-state index in [0.29, 0.717) is 20.0 Å². The fraction of sp³-hybridized carbons (Fsp3) is 0. The molecule has 0 radical (unpaired) electrons. The Morgan fingerprint density at radius 3 is 2.53 bits per heavy atom. The zero-order valence-electron chi connectivity index (χ0n) is 9.14. The highest BCUT2D eigenvalue weighted by molar-refractivity contribution is 7.99. The van der Waals surface area contributed by atoms with Crippen molar-refractivity contribution in [3.05, 3.63) is 55.6 Å². The van der Waals surface area contributed by atoms with E-state index < -0.39 is 4.92 Å². The van der Waals surface area contributed by atoms with Gasteiger partial charge in [-0.25, -0.2) is 4.98 Å². The Morgan fingerprint density at radius 1 is 1.16 bits per heavy atom. The number of benzene rings is 1. The SMILES string of the molecule is O=[N+]([O-])c1cccnc1Sc1cc(Cl)c(Cl)cc1Cl. The average Bonchev–Trinajstić information content (AvgIpc) is 2.36. The van der Waals surface area contributed by atoms with Gasteiger partial charge < -0.3 is 0 Å². The van der Waals surface area contributed by atoms with Crippen molar-refractivity contribution < 1.29 is 4.92 Å². The topological polar surface area (TPSA) is 56.0 Å². The summed E-state index contributed by atoms with van der Waals surface area (Å²) in [5.41, 5.74) is -0.0883. The molecule has 0 N–H and O–H groups in total. The van der Waals surface area contributed by atoms with E-state index in [1.165, 1.54) is 24.4 Å². The number of aromatic nitrogens is 1. The highest BCUT2D eigenvalue weighted by Crippen LogP contribution is 2.40. The van der Waals surface area contributed by atoms with E-state index >= 15 is 0 Å². The minimum atomic E-state index is -0.499. The summed E-state index contributed by atoms with van der Waals surface area (Å²) in [7, 11) is 0. The van der Waals surface area contributed by atoms with E-state index in [2.05, 4.69) is 4.98 Å². The lowest BCUT2D eigenvalue weighted by Gasteiger charge is -2.05. The van der Waals surface area contributed by atoms with Gasteiger partial charge in [0.05, 0.1) is 20.0 Å². The summed E-state index contributed by atoms with van der Waals surface area (Å²) in [6, 6.07) is 5.91. The number of halogens is 3. The Balaban J connectivity index is 2.42. The van der Waals surface area contributed by atoms with E-state index in [9.17, 15) is 10.1 Å². The fourth-order valence-electron chi connectivity index (χ4n) is 1.29. The maximum absolute atomic E-state index is 10.9. The van der Waals surface area contributed by atoms with Gasteiger partial charge in [-0.2, -0.15) is 0 Å². The number of nitro groups is 1. The summed E-state index contributed by atoms with van der Waals surface area (Å²) in [5.74, 6) is 0. The average molecular weight is 336 g/mol. The van der Waals surface area contributed by atoms with Crippen LogP contribution in [0.2, 0.25) is 15.1 Å². The van der Waals surface area contributed by atoms with Crippen LogP contribution in [0, 0.1) is 10.1 Å². The van der Waals surface area contributed by atoms with Crippen LogP contribution in [0.3, 0.4) is 0 Å². The largest absolute Gasteiger partial charge is 0.301 e. The van der Waals surface area contributed by atoms with Crippen molar-refractivity contribution >= 4 is 52.3 Å². The van der Waals surface area contributed by atoms with Crippen LogP contribution in [0.15, 0.2) is 40.4 Å². The van der Waals surface area contributed by atoms with E-state index in [4.69, 9.17) is 34.8 Å². The quantitative estimate of drug-likeness (QED) is 0.445. The van der Waals surface area contributed by atoms with Gasteiger partial charge in [-0.15, -0.1) is 0 Å². The van der Waals surface area contributed by atoms with E-state index in [0.717, 1.165) is 11.8 Å². The molecule has 8 heteroatoms. The van der Waals surface area contributed by atoms with Crippen LogP contribution < -0.4 is 0 Å². The normalized spacial score (nSPS) is 10.5. The molecule has 0 aliphatic carbocycles. The minimum absolute atomic E-state index is 0.0883. The summed E-state index contributed by atoms with van der Waals surface area (Å²) in [4.78, 5) is 14.9. The lowest BCUT2D eigenvalue weighted by Crippen LogP contribution is -1.92. The van der Waals surface area contributed by atoms with Gasteiger partial charge in [-0.1, -0.05) is 46.6 Å². The summed E-state index contributed by atoms with van der Waals surface area (Å²) < 4.78 is 0. The summed E-state index contributed by atoms with van der Waals surface area (Å²) in [5, 5.41) is 12.1. The first-order chi connectivity index (χ1) is 8.99. The Kier molecular flexibility index (Phi) is 4.52. The standard InChI is InChI=1S/C11H5Cl3N2O2S/c12-6-4-8(14)10(5-7(6)13)19-11-9(16(17)18)2-1-3-15-11/h1-5H. The Labute approximate surface area is 127 Å². The molecule has 0 aliphatic rings. The van der Waals surface area contributed by atoms with Crippen LogP contribution in [-0.2, 0) is 0 Å². The van der Waals surface area contributed by atoms with Crippen LogP contribution in [0.5, 0.6) is 0 Å². The molecule has 0 saturated carbocycles. The lowest BCUT2D eigenvalue weighted by molar-refractivity contribution is -0.388. The molecule has 19 heavy (non-hydrogen) atoms. The Morgan fingerprint density at radius 2 is 1.84 bits per heavy atom. The highest BCUT2D eigenvalue weighted by Gasteiger charge is 2.17. The lowest BCUT2D eigenvalue weighted by atomic mass is 10.4. The van der Waals surface area contributed by atoms with Gasteiger partial charge in [0.1, 0.15) is 0 Å². The maximum atomic E-state index is 10.9. The Hall–Kier alpha value is -1.01. The van der Waals surface area contributed by atoms with Crippen molar-refractivity contribution in [1.29, 1.82) is 0 Å². The van der Waals surface area contributed by atoms with Crippen LogP contribution in [0.25, 0.3) is 0 Å². The van der Waals surface area contributed by atoms with Crippen LogP contribution in [0.4, 0.5) is 5.69 Å². The minimum Gasteiger partial charge on any atom is -0.258 e. The summed E-state index contributed by atoms with van der Waals surface area (Å²) >= 11 is 18.8. The molecule has 2 rings (SSSR count). The predicted molar refractivity (Wildman–Crippen MR) is 76.5 cm³/mol. The zero-order chi connectivity index (χ0) is 14.0. The van der Waals surface area contributed by atoms with Crippen molar-refractivity contribution in [1.82, 2.24) is 4.98 Å². The molecular formula is C11H5Cl3N2O2S. The molecule has 0 saturated heterocycles. The molecule has 0 aliphatic heterocycles. The van der Waals surface area contributed by atoms with E-state index in [1.807, 2.05) is 0 Å². The van der Waals surface area contributed by atoms with E-state index in [1.54, 1.807) is 6.07 Å². The molecule has 1 aromatic carbocycles. The molecule has 98 valence electrons. The molecule has 2 aromatic rings. The van der Waals surface area contributed by atoms with Crippen LogP contribution in [0.1, 0.15) is 0 Å². The molecule has 0 fully saturated rings. The first-order valence-corrected chi connectivity index (χ1v) is 6.86. The molecular weight excluding hydrogens is 331 g/mol. The monoisotopic (exact) mass is 334 g/mol. The first-order valence-electron chi connectivity index (χ1n) is 4.91. The van der Waals surface area contributed by atoms with Crippen LogP contribution >= 0.6 is 46.6 Å².